The van der Waals surface area contributed by atoms with Crippen LogP contribution >= 0.6 is 0 Å². The van der Waals surface area contributed by atoms with Crippen molar-refractivity contribution in [3.8, 4) is 0 Å². The molecule has 0 radical (unpaired) electrons. The fourth-order valence-corrected chi connectivity index (χ4v) is 3.87. The van der Waals surface area contributed by atoms with Gasteiger partial charge >= 0.3 is 0 Å². The Labute approximate surface area is 151 Å². The van der Waals surface area contributed by atoms with E-state index in [9.17, 15) is 0 Å². The van der Waals surface area contributed by atoms with Crippen LogP contribution in [0.25, 0.3) is 0 Å². The molecule has 140 valence electrons. The molecule has 2 aliphatic heterocycles. The van der Waals surface area contributed by atoms with Gasteiger partial charge in [-0.3, -0.25) is 9.80 Å². The lowest BCUT2D eigenvalue weighted by molar-refractivity contribution is 0.0786. The van der Waals surface area contributed by atoms with E-state index in [1.54, 1.807) is 0 Å². The standard InChI is InChI=1S/C18H32N6O/c1-3-5-8-17(23-12-10-22(9-4-2)11-13-23)18-19-20-21-24(18)15-16-7-6-14-25-16/h4,16-17H,2-3,5-15H2,1H3/t16-,17+/m0/s1. The largest absolute Gasteiger partial charge is 0.376 e. The van der Waals surface area contributed by atoms with Crippen molar-refractivity contribution in [2.24, 2.45) is 0 Å². The second-order valence-electron chi connectivity index (χ2n) is 7.14. The van der Waals surface area contributed by atoms with Crippen molar-refractivity contribution in [1.82, 2.24) is 30.0 Å². The SMILES string of the molecule is C=CCN1CCN([C@H](CCCC)c2nnnn2C[C@@H]2CCCO2)CC1. The molecule has 3 heterocycles. The molecule has 7 nitrogen and oxygen atoms in total. The average molecular weight is 348 g/mol. The number of ether oxygens (including phenoxy) is 1. The normalized spacial score (nSPS) is 23.8. The average Bonchev–Trinajstić information content (AvgIpc) is 3.30. The van der Waals surface area contributed by atoms with Crippen LogP contribution in [0, 0.1) is 0 Å². The van der Waals surface area contributed by atoms with E-state index in [0.29, 0.717) is 6.04 Å². The van der Waals surface area contributed by atoms with Crippen LogP contribution in [-0.2, 0) is 11.3 Å². The molecule has 25 heavy (non-hydrogen) atoms. The Bertz CT molecular complexity index is 519. The van der Waals surface area contributed by atoms with E-state index in [1.165, 1.54) is 12.8 Å². The molecule has 2 fully saturated rings. The van der Waals surface area contributed by atoms with Gasteiger partial charge in [0.15, 0.2) is 5.82 Å². The lowest BCUT2D eigenvalue weighted by atomic mass is 10.1. The fraction of sp³-hybridized carbons (Fsp3) is 0.833. The molecule has 1 aromatic heterocycles. The third kappa shape index (κ3) is 4.86. The highest BCUT2D eigenvalue weighted by molar-refractivity contribution is 4.96. The quantitative estimate of drug-likeness (QED) is 0.635. The molecule has 0 bridgehead atoms. The van der Waals surface area contributed by atoms with Crippen molar-refractivity contribution >= 4 is 0 Å². The van der Waals surface area contributed by atoms with Crippen LogP contribution < -0.4 is 0 Å². The Morgan fingerprint density at radius 2 is 2.16 bits per heavy atom. The Balaban J connectivity index is 1.68. The van der Waals surface area contributed by atoms with Crippen molar-refractivity contribution in [3.05, 3.63) is 18.5 Å². The third-order valence-electron chi connectivity index (χ3n) is 5.32. The van der Waals surface area contributed by atoms with Crippen LogP contribution in [0.3, 0.4) is 0 Å². The molecular formula is C18H32N6O. The van der Waals surface area contributed by atoms with Crippen molar-refractivity contribution in [2.75, 3.05) is 39.3 Å². The Morgan fingerprint density at radius 1 is 1.32 bits per heavy atom. The molecular weight excluding hydrogens is 316 g/mol. The maximum atomic E-state index is 5.78. The van der Waals surface area contributed by atoms with Gasteiger partial charge in [-0.1, -0.05) is 25.8 Å². The van der Waals surface area contributed by atoms with Gasteiger partial charge < -0.3 is 4.74 Å². The number of hydrogen-bond acceptors (Lipinski definition) is 6. The van der Waals surface area contributed by atoms with E-state index in [0.717, 1.165) is 71.0 Å². The summed E-state index contributed by atoms with van der Waals surface area (Å²) >= 11 is 0. The smallest absolute Gasteiger partial charge is 0.168 e. The molecule has 7 heteroatoms. The molecule has 0 saturated carbocycles. The summed E-state index contributed by atoms with van der Waals surface area (Å²) in [6.07, 6.45) is 8.02. The predicted octanol–water partition coefficient (Wildman–Crippen LogP) is 1.89. The number of piperazine rings is 1. The zero-order valence-electron chi connectivity index (χ0n) is 15.5. The summed E-state index contributed by atoms with van der Waals surface area (Å²) in [5.74, 6) is 1.01. The first kappa shape index (κ1) is 18.5. The van der Waals surface area contributed by atoms with Gasteiger partial charge in [0.05, 0.1) is 18.7 Å². The van der Waals surface area contributed by atoms with E-state index in [4.69, 9.17) is 4.74 Å². The van der Waals surface area contributed by atoms with Gasteiger partial charge in [-0.15, -0.1) is 11.7 Å². The first-order valence-corrected chi connectivity index (χ1v) is 9.76. The number of hydrogen-bond donors (Lipinski definition) is 0. The van der Waals surface area contributed by atoms with Crippen LogP contribution in [0.15, 0.2) is 12.7 Å². The highest BCUT2D eigenvalue weighted by Gasteiger charge is 2.29. The van der Waals surface area contributed by atoms with Gasteiger partial charge in [-0.2, -0.15) is 0 Å². The monoisotopic (exact) mass is 348 g/mol. The van der Waals surface area contributed by atoms with Crippen LogP contribution in [0.1, 0.15) is 50.9 Å². The predicted molar refractivity (Wildman–Crippen MR) is 97.3 cm³/mol. The van der Waals surface area contributed by atoms with Crippen molar-refractivity contribution < 1.29 is 4.74 Å². The van der Waals surface area contributed by atoms with Crippen molar-refractivity contribution in [1.29, 1.82) is 0 Å². The van der Waals surface area contributed by atoms with E-state index in [1.807, 2.05) is 10.8 Å². The van der Waals surface area contributed by atoms with Gasteiger partial charge in [-0.05, 0) is 29.7 Å². The van der Waals surface area contributed by atoms with Gasteiger partial charge in [0.25, 0.3) is 0 Å². The van der Waals surface area contributed by atoms with Crippen molar-refractivity contribution in [2.45, 2.75) is 57.7 Å². The number of nitrogens with zero attached hydrogens (tertiary/aromatic N) is 6. The van der Waals surface area contributed by atoms with Gasteiger partial charge in [-0.25, -0.2) is 4.68 Å². The first-order valence-electron chi connectivity index (χ1n) is 9.76. The van der Waals surface area contributed by atoms with E-state index in [2.05, 4.69) is 38.8 Å². The zero-order chi connectivity index (χ0) is 17.5. The van der Waals surface area contributed by atoms with Crippen LogP contribution in [0.5, 0.6) is 0 Å². The number of aromatic nitrogens is 4. The van der Waals surface area contributed by atoms with E-state index >= 15 is 0 Å². The lowest BCUT2D eigenvalue weighted by Crippen LogP contribution is -2.48. The summed E-state index contributed by atoms with van der Waals surface area (Å²) in [4.78, 5) is 5.02. The molecule has 0 amide bonds. The second kappa shape index (κ2) is 9.40. The minimum atomic E-state index is 0.263. The van der Waals surface area contributed by atoms with Crippen LogP contribution in [0.4, 0.5) is 0 Å². The molecule has 0 spiro atoms. The summed E-state index contributed by atoms with van der Waals surface area (Å²) < 4.78 is 7.78. The topological polar surface area (TPSA) is 59.3 Å². The molecule has 0 unspecified atom stereocenters. The lowest BCUT2D eigenvalue weighted by Gasteiger charge is -2.38. The maximum absolute atomic E-state index is 5.78. The minimum Gasteiger partial charge on any atom is -0.376 e. The molecule has 2 atom stereocenters. The second-order valence-corrected chi connectivity index (χ2v) is 7.14. The number of tetrazole rings is 1. The summed E-state index contributed by atoms with van der Waals surface area (Å²) in [7, 11) is 0. The van der Waals surface area contributed by atoms with Gasteiger partial charge in [0.1, 0.15) is 0 Å². The van der Waals surface area contributed by atoms with Crippen LogP contribution in [-0.4, -0.2) is 75.4 Å². The molecule has 2 saturated heterocycles. The molecule has 0 N–H and O–H groups in total. The minimum absolute atomic E-state index is 0.263. The fourth-order valence-electron chi connectivity index (χ4n) is 3.87. The van der Waals surface area contributed by atoms with Gasteiger partial charge in [0, 0.05) is 39.3 Å². The third-order valence-corrected chi connectivity index (χ3v) is 5.32. The van der Waals surface area contributed by atoms with E-state index < -0.39 is 0 Å². The van der Waals surface area contributed by atoms with E-state index in [-0.39, 0.29) is 6.10 Å². The summed E-state index contributed by atoms with van der Waals surface area (Å²) in [5.41, 5.74) is 0. The maximum Gasteiger partial charge on any atom is 0.168 e. The number of rotatable bonds is 9. The number of unbranched alkanes of at least 4 members (excludes halogenated alkanes) is 1. The summed E-state index contributed by atoms with van der Waals surface area (Å²) in [6.45, 7) is 13.0. The van der Waals surface area contributed by atoms with Crippen molar-refractivity contribution in [3.63, 3.8) is 0 Å². The Morgan fingerprint density at radius 3 is 2.84 bits per heavy atom. The molecule has 0 aromatic carbocycles. The molecule has 0 aliphatic carbocycles. The van der Waals surface area contributed by atoms with Crippen LogP contribution in [0.2, 0.25) is 0 Å². The molecule has 1 aromatic rings. The first-order chi connectivity index (χ1) is 12.3. The molecule has 2 aliphatic rings. The highest BCUT2D eigenvalue weighted by atomic mass is 16.5. The summed E-state index contributed by atoms with van der Waals surface area (Å²) in [6, 6.07) is 0.308. The summed E-state index contributed by atoms with van der Waals surface area (Å²) in [5, 5.41) is 12.7. The Kier molecular flexibility index (Phi) is 6.95. The zero-order valence-corrected chi connectivity index (χ0v) is 15.5. The highest BCUT2D eigenvalue weighted by Crippen LogP contribution is 2.26. The van der Waals surface area contributed by atoms with Gasteiger partial charge in [0.2, 0.25) is 0 Å². The Hall–Kier alpha value is -1.31. The molecule has 3 rings (SSSR count).